The van der Waals surface area contributed by atoms with Gasteiger partial charge in [-0.2, -0.15) is 0 Å². The third-order valence-electron chi connectivity index (χ3n) is 2.18. The van der Waals surface area contributed by atoms with Gasteiger partial charge < -0.3 is 24.1 Å². The van der Waals surface area contributed by atoms with E-state index in [1.165, 1.54) is 20.3 Å². The van der Waals surface area contributed by atoms with Gasteiger partial charge in [0.25, 0.3) is 0 Å². The first-order valence-electron chi connectivity index (χ1n) is 5.40. The number of hydrogen-bond donors (Lipinski definition) is 0. The number of methoxy groups -OCH3 is 2. The number of carboxylic acid groups (broad SMARTS) is 1. The molecule has 0 heterocycles. The summed E-state index contributed by atoms with van der Waals surface area (Å²) >= 11 is 0. The standard InChI is InChI=1S/C13H16O5/c1-4-18-13-10(16-2)7-9(5-6-12(14)15)8-11(13)17-3/h5-8H,4H2,1-3H3,(H,14,15)/p-1/b6-5+. The van der Waals surface area contributed by atoms with Crippen LogP contribution in [0, 0.1) is 0 Å². The van der Waals surface area contributed by atoms with E-state index in [0.717, 1.165) is 6.08 Å². The highest BCUT2D eigenvalue weighted by Gasteiger charge is 2.12. The lowest BCUT2D eigenvalue weighted by atomic mass is 10.1. The lowest BCUT2D eigenvalue weighted by Crippen LogP contribution is -2.18. The summed E-state index contributed by atoms with van der Waals surface area (Å²) in [5, 5.41) is 10.4. The van der Waals surface area contributed by atoms with Gasteiger partial charge in [0, 0.05) is 0 Å². The van der Waals surface area contributed by atoms with Gasteiger partial charge in [0.2, 0.25) is 5.75 Å². The average Bonchev–Trinajstić information content (AvgIpc) is 2.37. The van der Waals surface area contributed by atoms with Crippen LogP contribution in [0.15, 0.2) is 18.2 Å². The summed E-state index contributed by atoms with van der Waals surface area (Å²) in [6, 6.07) is 3.32. The fraction of sp³-hybridized carbons (Fsp3) is 0.308. The molecule has 1 rings (SSSR count). The molecule has 0 unspecified atom stereocenters. The first kappa shape index (κ1) is 13.9. The lowest BCUT2D eigenvalue weighted by molar-refractivity contribution is -0.297. The molecule has 0 atom stereocenters. The number of carbonyl (C=O) groups excluding carboxylic acids is 1. The van der Waals surface area contributed by atoms with Crippen molar-refractivity contribution in [3.63, 3.8) is 0 Å². The van der Waals surface area contributed by atoms with Gasteiger partial charge >= 0.3 is 0 Å². The van der Waals surface area contributed by atoms with Gasteiger partial charge in [-0.3, -0.25) is 0 Å². The summed E-state index contributed by atoms with van der Waals surface area (Å²) < 4.78 is 15.8. The molecule has 0 saturated heterocycles. The molecule has 0 fully saturated rings. The number of ether oxygens (including phenoxy) is 3. The number of hydrogen-bond acceptors (Lipinski definition) is 5. The Hall–Kier alpha value is -2.17. The van der Waals surface area contributed by atoms with Crippen LogP contribution in [-0.2, 0) is 4.79 Å². The molecule has 0 aliphatic rings. The predicted molar refractivity (Wildman–Crippen MR) is 64.8 cm³/mol. The Morgan fingerprint density at radius 2 is 1.83 bits per heavy atom. The van der Waals surface area contributed by atoms with Crippen molar-refractivity contribution in [3.05, 3.63) is 23.8 Å². The van der Waals surface area contributed by atoms with Gasteiger partial charge in [0.1, 0.15) is 0 Å². The summed E-state index contributed by atoms with van der Waals surface area (Å²) in [5.74, 6) is 0.193. The van der Waals surface area contributed by atoms with Crippen LogP contribution in [-0.4, -0.2) is 26.8 Å². The first-order valence-corrected chi connectivity index (χ1v) is 5.40. The fourth-order valence-electron chi connectivity index (χ4n) is 1.45. The Bertz CT molecular complexity index is 426. The second-order valence-electron chi connectivity index (χ2n) is 3.34. The summed E-state index contributed by atoms with van der Waals surface area (Å²) in [6.45, 7) is 2.32. The maximum Gasteiger partial charge on any atom is 0.203 e. The highest BCUT2D eigenvalue weighted by Crippen LogP contribution is 2.38. The molecule has 0 aromatic heterocycles. The molecular formula is C13H15O5-. The molecule has 5 heteroatoms. The van der Waals surface area contributed by atoms with Crippen LogP contribution in [0.5, 0.6) is 17.2 Å². The van der Waals surface area contributed by atoms with Crippen LogP contribution >= 0.6 is 0 Å². The largest absolute Gasteiger partial charge is 0.545 e. The van der Waals surface area contributed by atoms with Crippen LogP contribution in [0.1, 0.15) is 12.5 Å². The topological polar surface area (TPSA) is 67.8 Å². The Kier molecular flexibility index (Phi) is 5.05. The minimum absolute atomic E-state index is 0.473. The summed E-state index contributed by atoms with van der Waals surface area (Å²) in [7, 11) is 3.01. The zero-order chi connectivity index (χ0) is 13.5. The second-order valence-corrected chi connectivity index (χ2v) is 3.34. The van der Waals surface area contributed by atoms with E-state index >= 15 is 0 Å². The van der Waals surface area contributed by atoms with Crippen molar-refractivity contribution >= 4 is 12.0 Å². The molecule has 0 radical (unpaired) electrons. The van der Waals surface area contributed by atoms with E-state index in [4.69, 9.17) is 14.2 Å². The van der Waals surface area contributed by atoms with Gasteiger partial charge in [0.15, 0.2) is 11.5 Å². The number of benzene rings is 1. The van der Waals surface area contributed by atoms with E-state index in [2.05, 4.69) is 0 Å². The fourth-order valence-corrected chi connectivity index (χ4v) is 1.45. The van der Waals surface area contributed by atoms with Crippen LogP contribution < -0.4 is 19.3 Å². The van der Waals surface area contributed by atoms with E-state index in [9.17, 15) is 9.90 Å². The number of carbonyl (C=O) groups is 1. The van der Waals surface area contributed by atoms with Crippen molar-refractivity contribution in [2.45, 2.75) is 6.92 Å². The van der Waals surface area contributed by atoms with Crippen LogP contribution in [0.25, 0.3) is 6.08 Å². The third kappa shape index (κ3) is 3.41. The normalized spacial score (nSPS) is 10.4. The molecule has 0 N–H and O–H groups in total. The number of carboxylic acids is 1. The van der Waals surface area contributed by atoms with Crippen molar-refractivity contribution in [3.8, 4) is 17.2 Å². The molecule has 0 spiro atoms. The van der Waals surface area contributed by atoms with E-state index < -0.39 is 5.97 Å². The highest BCUT2D eigenvalue weighted by atomic mass is 16.5. The minimum Gasteiger partial charge on any atom is -0.545 e. The first-order chi connectivity index (χ1) is 8.62. The molecule has 18 heavy (non-hydrogen) atoms. The van der Waals surface area contributed by atoms with Crippen LogP contribution in [0.4, 0.5) is 0 Å². The second kappa shape index (κ2) is 6.54. The zero-order valence-electron chi connectivity index (χ0n) is 10.6. The van der Waals surface area contributed by atoms with Crippen molar-refractivity contribution in [2.24, 2.45) is 0 Å². The van der Waals surface area contributed by atoms with Gasteiger partial charge in [-0.15, -0.1) is 0 Å². The molecule has 1 aromatic rings. The van der Waals surface area contributed by atoms with Crippen LogP contribution in [0.3, 0.4) is 0 Å². The SMILES string of the molecule is CCOc1c(OC)cc(/C=C/C(=O)[O-])cc1OC. The lowest BCUT2D eigenvalue weighted by Gasteiger charge is -2.14. The molecule has 0 bridgehead atoms. The van der Waals surface area contributed by atoms with E-state index in [-0.39, 0.29) is 0 Å². The third-order valence-corrected chi connectivity index (χ3v) is 2.18. The van der Waals surface area contributed by atoms with Crippen molar-refractivity contribution < 1.29 is 24.1 Å². The number of rotatable bonds is 6. The van der Waals surface area contributed by atoms with Crippen molar-refractivity contribution in [2.75, 3.05) is 20.8 Å². The summed E-state index contributed by atoms with van der Waals surface area (Å²) in [5.41, 5.74) is 0.622. The maximum atomic E-state index is 10.4. The molecule has 0 amide bonds. The van der Waals surface area contributed by atoms with E-state index in [1.807, 2.05) is 6.92 Å². The maximum absolute atomic E-state index is 10.4. The average molecular weight is 251 g/mol. The monoisotopic (exact) mass is 251 g/mol. The van der Waals surface area contributed by atoms with Crippen molar-refractivity contribution in [1.29, 1.82) is 0 Å². The highest BCUT2D eigenvalue weighted by molar-refractivity contribution is 5.84. The smallest absolute Gasteiger partial charge is 0.203 e. The minimum atomic E-state index is -1.26. The van der Waals surface area contributed by atoms with E-state index in [0.29, 0.717) is 29.4 Å². The molecule has 0 saturated carbocycles. The Morgan fingerprint density at radius 3 is 2.22 bits per heavy atom. The van der Waals surface area contributed by atoms with Gasteiger partial charge in [-0.25, -0.2) is 0 Å². The Balaban J connectivity index is 3.21. The molecule has 1 aromatic carbocycles. The Labute approximate surface area is 106 Å². The quantitative estimate of drug-likeness (QED) is 0.702. The van der Waals surface area contributed by atoms with Crippen LogP contribution in [0.2, 0.25) is 0 Å². The predicted octanol–water partition coefficient (Wildman–Crippen LogP) is 0.866. The molecule has 0 aliphatic heterocycles. The molecule has 0 aliphatic carbocycles. The molecular weight excluding hydrogens is 236 g/mol. The van der Waals surface area contributed by atoms with Crippen molar-refractivity contribution in [1.82, 2.24) is 0 Å². The summed E-state index contributed by atoms with van der Waals surface area (Å²) in [4.78, 5) is 10.4. The Morgan fingerprint density at radius 1 is 1.28 bits per heavy atom. The van der Waals surface area contributed by atoms with Gasteiger partial charge in [-0.1, -0.05) is 6.08 Å². The molecule has 5 nitrogen and oxygen atoms in total. The van der Waals surface area contributed by atoms with Gasteiger partial charge in [-0.05, 0) is 30.7 Å². The van der Waals surface area contributed by atoms with Gasteiger partial charge in [0.05, 0.1) is 26.8 Å². The van der Waals surface area contributed by atoms with E-state index in [1.54, 1.807) is 12.1 Å². The summed E-state index contributed by atoms with van der Waals surface area (Å²) in [6.07, 6.45) is 2.34. The zero-order valence-corrected chi connectivity index (χ0v) is 10.6. The molecule has 98 valence electrons. The number of aliphatic carboxylic acids is 1.